The highest BCUT2D eigenvalue weighted by atomic mass is 16.7. The summed E-state index contributed by atoms with van der Waals surface area (Å²) in [6.45, 7) is 13.8. The molecular formula is C33H51NO8. The molecule has 0 aromatic carbocycles. The number of likely N-dealkylation sites (N-methyl/N-ethyl adjacent to an activating group) is 1. The van der Waals surface area contributed by atoms with Crippen molar-refractivity contribution in [3.8, 4) is 0 Å². The second kappa shape index (κ2) is 12.6. The van der Waals surface area contributed by atoms with Crippen LogP contribution >= 0.6 is 0 Å². The summed E-state index contributed by atoms with van der Waals surface area (Å²) in [6.07, 6.45) is 4.18. The first-order valence-corrected chi connectivity index (χ1v) is 16.3. The van der Waals surface area contributed by atoms with Crippen LogP contribution in [-0.2, 0) is 23.8 Å². The third kappa shape index (κ3) is 5.54. The summed E-state index contributed by atoms with van der Waals surface area (Å²) in [7, 11) is 0. The molecule has 42 heavy (non-hydrogen) atoms. The molecule has 236 valence electrons. The molecule has 7 unspecified atom stereocenters. The molecule has 0 aromatic rings. The second-order valence-corrected chi connectivity index (χ2v) is 14.1. The third-order valence-electron chi connectivity index (χ3n) is 11.7. The largest absolute Gasteiger partial charge is 0.506 e. The molecule has 1 heterocycles. The van der Waals surface area contributed by atoms with Gasteiger partial charge in [0.05, 0.1) is 31.8 Å². The lowest BCUT2D eigenvalue weighted by Gasteiger charge is -2.62. The van der Waals surface area contributed by atoms with Gasteiger partial charge in [-0.2, -0.15) is 0 Å². The molecule has 4 fully saturated rings. The number of hydrogen-bond donors (Lipinski definition) is 2. The van der Waals surface area contributed by atoms with Gasteiger partial charge in [-0.15, -0.1) is 0 Å². The smallest absolute Gasteiger partial charge is 0.481 e. The van der Waals surface area contributed by atoms with E-state index < -0.39 is 41.6 Å². The number of aliphatic carboxylic acids is 1. The Kier molecular flexibility index (Phi) is 9.41. The predicted octanol–water partition coefficient (Wildman–Crippen LogP) is 5.13. The zero-order chi connectivity index (χ0) is 30.3. The average molecular weight is 590 g/mol. The van der Waals surface area contributed by atoms with Crippen LogP contribution in [0.5, 0.6) is 0 Å². The number of carboxylic acids is 1. The first-order chi connectivity index (χ1) is 20.0. The molecule has 0 aromatic heterocycles. The number of carbonyl (C=O) groups excluding carboxylic acids is 1. The van der Waals surface area contributed by atoms with E-state index >= 15 is 0 Å². The van der Waals surface area contributed by atoms with E-state index in [-0.39, 0.29) is 41.4 Å². The van der Waals surface area contributed by atoms with Crippen LogP contribution in [0.25, 0.3) is 0 Å². The molecule has 0 amide bonds. The van der Waals surface area contributed by atoms with Gasteiger partial charge in [-0.1, -0.05) is 33.3 Å². The highest BCUT2D eigenvalue weighted by Crippen LogP contribution is 2.64. The standard InChI is InChI=1S/C33H51NO8/c1-6-34(7-2)19(5)15-41-30-23-16-40-17-33(14-27(30)42-32(38)39)24(23)11-10-21-22-9-8-20(12-18(3)4)28(31(36)37)29(22)26(35)13-25(21)33/h13,18-24,27-30H,6-12,14-17H2,1-5H3,(H,36,37)(H,38,39)/t19?,20?,21?,22?,23?,24?,27-,28-,29?,30-,33+/m1/s1. The van der Waals surface area contributed by atoms with Crippen LogP contribution in [0, 0.1) is 52.8 Å². The van der Waals surface area contributed by atoms with E-state index in [0.717, 1.165) is 50.8 Å². The second-order valence-electron chi connectivity index (χ2n) is 14.1. The number of ketones is 1. The van der Waals surface area contributed by atoms with Gasteiger partial charge in [-0.3, -0.25) is 14.5 Å². The molecule has 2 N–H and O–H groups in total. The number of hydrogen-bond acceptors (Lipinski definition) is 7. The van der Waals surface area contributed by atoms with Crippen LogP contribution in [-0.4, -0.2) is 84.2 Å². The fraction of sp³-hybridized carbons (Fsp3) is 0.848. The van der Waals surface area contributed by atoms with Gasteiger partial charge in [0.2, 0.25) is 0 Å². The zero-order valence-electron chi connectivity index (χ0n) is 26.0. The predicted molar refractivity (Wildman–Crippen MR) is 156 cm³/mol. The molecule has 1 saturated heterocycles. The molecular weight excluding hydrogens is 538 g/mol. The van der Waals surface area contributed by atoms with Gasteiger partial charge in [0.15, 0.2) is 5.78 Å². The minimum absolute atomic E-state index is 0.000416. The summed E-state index contributed by atoms with van der Waals surface area (Å²) in [5, 5.41) is 20.1. The van der Waals surface area contributed by atoms with Crippen molar-refractivity contribution in [2.75, 3.05) is 32.9 Å². The van der Waals surface area contributed by atoms with Crippen LogP contribution in [0.15, 0.2) is 11.6 Å². The minimum atomic E-state index is -1.31. The van der Waals surface area contributed by atoms with Crippen molar-refractivity contribution in [2.45, 2.75) is 91.4 Å². The molecule has 0 radical (unpaired) electrons. The van der Waals surface area contributed by atoms with Gasteiger partial charge in [-0.25, -0.2) is 4.79 Å². The van der Waals surface area contributed by atoms with E-state index in [1.165, 1.54) is 0 Å². The summed E-state index contributed by atoms with van der Waals surface area (Å²) < 4.78 is 18.4. The lowest BCUT2D eigenvalue weighted by atomic mass is 9.45. The van der Waals surface area contributed by atoms with Crippen molar-refractivity contribution in [1.82, 2.24) is 4.90 Å². The van der Waals surface area contributed by atoms with Gasteiger partial charge < -0.3 is 24.4 Å². The molecule has 2 bridgehead atoms. The van der Waals surface area contributed by atoms with Gasteiger partial charge in [-0.05, 0) is 94.2 Å². The summed E-state index contributed by atoms with van der Waals surface area (Å²) in [5.41, 5.74) is 0.569. The Balaban J connectivity index is 1.46. The fourth-order valence-electron chi connectivity index (χ4n) is 10.1. The van der Waals surface area contributed by atoms with Crippen molar-refractivity contribution in [1.29, 1.82) is 0 Å². The van der Waals surface area contributed by atoms with Gasteiger partial charge in [0.25, 0.3) is 0 Å². The highest BCUT2D eigenvalue weighted by molar-refractivity contribution is 5.97. The Morgan fingerprint density at radius 1 is 1.10 bits per heavy atom. The number of rotatable bonds is 10. The van der Waals surface area contributed by atoms with Crippen molar-refractivity contribution >= 4 is 17.9 Å². The van der Waals surface area contributed by atoms with E-state index in [1.54, 1.807) is 6.08 Å². The summed E-state index contributed by atoms with van der Waals surface area (Å²) in [6, 6.07) is 0.181. The number of nitrogens with zero attached hydrogens (tertiary/aromatic N) is 1. The zero-order valence-corrected chi connectivity index (χ0v) is 26.0. The van der Waals surface area contributed by atoms with Crippen molar-refractivity contribution in [3.05, 3.63) is 11.6 Å². The van der Waals surface area contributed by atoms with Gasteiger partial charge in [0, 0.05) is 23.3 Å². The quantitative estimate of drug-likeness (QED) is 0.334. The maximum absolute atomic E-state index is 13.9. The first-order valence-electron chi connectivity index (χ1n) is 16.3. The number of carbonyl (C=O) groups is 3. The van der Waals surface area contributed by atoms with Gasteiger partial charge in [0.1, 0.15) is 6.10 Å². The van der Waals surface area contributed by atoms with E-state index in [9.17, 15) is 24.6 Å². The Morgan fingerprint density at radius 2 is 1.83 bits per heavy atom. The maximum atomic E-state index is 13.9. The van der Waals surface area contributed by atoms with E-state index in [4.69, 9.17) is 14.2 Å². The molecule has 0 spiro atoms. The lowest BCUT2D eigenvalue weighted by Crippen LogP contribution is -2.64. The fourth-order valence-corrected chi connectivity index (χ4v) is 10.1. The van der Waals surface area contributed by atoms with Crippen LogP contribution in [0.1, 0.15) is 73.1 Å². The number of ether oxygens (including phenoxy) is 3. The molecule has 4 aliphatic carbocycles. The number of fused-ring (bicyclic) bond motifs is 3. The highest BCUT2D eigenvalue weighted by Gasteiger charge is 2.64. The Bertz CT molecular complexity index is 1050. The summed E-state index contributed by atoms with van der Waals surface area (Å²) in [4.78, 5) is 40.8. The minimum Gasteiger partial charge on any atom is -0.481 e. The van der Waals surface area contributed by atoms with Crippen LogP contribution in [0.3, 0.4) is 0 Å². The topological polar surface area (TPSA) is 123 Å². The Labute approximate surface area is 250 Å². The summed E-state index contributed by atoms with van der Waals surface area (Å²) in [5.74, 6) is -1.39. The van der Waals surface area contributed by atoms with Crippen LogP contribution < -0.4 is 0 Å². The molecule has 3 saturated carbocycles. The lowest BCUT2D eigenvalue weighted by molar-refractivity contribution is -0.219. The number of carboxylic acid groups (broad SMARTS) is 2. The van der Waals surface area contributed by atoms with E-state index in [1.807, 2.05) is 0 Å². The Hall–Kier alpha value is -1.97. The molecule has 9 heteroatoms. The van der Waals surface area contributed by atoms with E-state index in [2.05, 4.69) is 39.5 Å². The van der Waals surface area contributed by atoms with Gasteiger partial charge >= 0.3 is 12.1 Å². The molecule has 1 aliphatic heterocycles. The Morgan fingerprint density at radius 3 is 2.48 bits per heavy atom. The van der Waals surface area contributed by atoms with E-state index in [0.29, 0.717) is 32.2 Å². The van der Waals surface area contributed by atoms with Crippen molar-refractivity contribution < 1.29 is 38.8 Å². The maximum Gasteiger partial charge on any atom is 0.506 e. The average Bonchev–Trinajstić information content (AvgIpc) is 2.92. The molecule has 5 rings (SSSR count). The first kappa shape index (κ1) is 31.5. The molecule has 9 nitrogen and oxygen atoms in total. The molecule has 5 aliphatic rings. The third-order valence-corrected chi connectivity index (χ3v) is 11.7. The van der Waals surface area contributed by atoms with Crippen LogP contribution in [0.2, 0.25) is 0 Å². The monoisotopic (exact) mass is 589 g/mol. The van der Waals surface area contributed by atoms with Crippen LogP contribution in [0.4, 0.5) is 4.79 Å². The SMILES string of the molecule is CCN(CC)C(C)CO[C@@H]1C2COC[C@]3(C[C@H]1OC(=O)O)C1=CC(=O)C4C(CCC(CC(C)C)[C@H]4C(=O)O)C1CCC23. The molecule has 11 atom stereocenters. The van der Waals surface area contributed by atoms with Crippen molar-refractivity contribution in [3.63, 3.8) is 0 Å². The normalized spacial score (nSPS) is 40.0. The number of allylic oxidation sites excluding steroid dienone is 1. The van der Waals surface area contributed by atoms with Crippen molar-refractivity contribution in [2.24, 2.45) is 52.8 Å². The summed E-state index contributed by atoms with van der Waals surface area (Å²) >= 11 is 0.